The molecule has 24 heavy (non-hydrogen) atoms. The Hall–Kier alpha value is -2.44. The molecular formula is C17H21ClN4O2. The van der Waals surface area contributed by atoms with Crippen LogP contribution in [0.5, 0.6) is 0 Å². The van der Waals surface area contributed by atoms with Gasteiger partial charge in [0, 0.05) is 18.9 Å². The highest BCUT2D eigenvalue weighted by Crippen LogP contribution is 2.12. The van der Waals surface area contributed by atoms with Crippen molar-refractivity contribution in [2.75, 3.05) is 6.54 Å². The Balaban J connectivity index is 0.00000288. The predicted molar refractivity (Wildman–Crippen MR) is 94.8 cm³/mol. The molecule has 128 valence electrons. The lowest BCUT2D eigenvalue weighted by Gasteiger charge is -2.21. The van der Waals surface area contributed by atoms with Crippen molar-refractivity contribution in [2.45, 2.75) is 19.0 Å². The number of nitrogens with zero attached hydrogens (tertiary/aromatic N) is 1. The maximum absolute atomic E-state index is 12.1. The SMILES string of the molecule is C[C@H](N)C(=O)N[C@H](CNC(=O)c1cccnc1)c1ccccc1.Cl. The number of benzene rings is 1. The fraction of sp³-hybridized carbons (Fsp3) is 0.235. The zero-order chi connectivity index (χ0) is 16.7. The molecule has 2 rings (SSSR count). The molecule has 0 aliphatic heterocycles. The van der Waals surface area contributed by atoms with E-state index in [1.807, 2.05) is 30.3 Å². The number of halogens is 1. The number of nitrogens with two attached hydrogens (primary N) is 1. The van der Waals surface area contributed by atoms with Crippen molar-refractivity contribution >= 4 is 24.2 Å². The number of hydrogen-bond donors (Lipinski definition) is 3. The van der Waals surface area contributed by atoms with Gasteiger partial charge < -0.3 is 16.4 Å². The van der Waals surface area contributed by atoms with E-state index in [-0.39, 0.29) is 36.8 Å². The molecule has 0 saturated heterocycles. The van der Waals surface area contributed by atoms with Gasteiger partial charge in [-0.2, -0.15) is 0 Å². The minimum atomic E-state index is -0.616. The molecule has 0 bridgehead atoms. The van der Waals surface area contributed by atoms with Gasteiger partial charge in [0.25, 0.3) is 5.91 Å². The van der Waals surface area contributed by atoms with Gasteiger partial charge in [0.1, 0.15) is 0 Å². The van der Waals surface area contributed by atoms with E-state index < -0.39 is 6.04 Å². The number of carbonyl (C=O) groups is 2. The molecule has 1 aromatic carbocycles. The summed E-state index contributed by atoms with van der Waals surface area (Å²) in [5, 5.41) is 5.65. The standard InChI is InChI=1S/C17H20N4O2.ClH/c1-12(18)16(22)21-15(13-6-3-2-4-7-13)11-20-17(23)14-8-5-9-19-10-14;/h2-10,12,15H,11,18H2,1H3,(H,20,23)(H,21,22);1H/t12-,15+;/m0./s1. The van der Waals surface area contributed by atoms with Crippen LogP contribution in [0, 0.1) is 0 Å². The molecule has 1 heterocycles. The minimum absolute atomic E-state index is 0. The molecule has 0 aliphatic rings. The van der Waals surface area contributed by atoms with E-state index >= 15 is 0 Å². The number of hydrogen-bond acceptors (Lipinski definition) is 4. The van der Waals surface area contributed by atoms with Crippen molar-refractivity contribution in [1.29, 1.82) is 0 Å². The highest BCUT2D eigenvalue weighted by atomic mass is 35.5. The molecule has 0 saturated carbocycles. The summed E-state index contributed by atoms with van der Waals surface area (Å²) in [4.78, 5) is 27.9. The largest absolute Gasteiger partial charge is 0.350 e. The lowest BCUT2D eigenvalue weighted by molar-refractivity contribution is -0.122. The average molecular weight is 349 g/mol. The van der Waals surface area contributed by atoms with Crippen LogP contribution < -0.4 is 16.4 Å². The summed E-state index contributed by atoms with van der Waals surface area (Å²) >= 11 is 0. The summed E-state index contributed by atoms with van der Waals surface area (Å²) in [5.41, 5.74) is 6.97. The fourth-order valence-electron chi connectivity index (χ4n) is 2.03. The van der Waals surface area contributed by atoms with Gasteiger partial charge in [-0.3, -0.25) is 14.6 Å². The molecule has 0 fully saturated rings. The van der Waals surface area contributed by atoms with E-state index in [4.69, 9.17) is 5.73 Å². The van der Waals surface area contributed by atoms with Gasteiger partial charge in [-0.05, 0) is 24.6 Å². The fourth-order valence-corrected chi connectivity index (χ4v) is 2.03. The number of amides is 2. The van der Waals surface area contributed by atoms with Crippen LogP contribution in [0.3, 0.4) is 0 Å². The van der Waals surface area contributed by atoms with Gasteiger partial charge in [-0.1, -0.05) is 30.3 Å². The van der Waals surface area contributed by atoms with Gasteiger partial charge in [-0.25, -0.2) is 0 Å². The summed E-state index contributed by atoms with van der Waals surface area (Å²) < 4.78 is 0. The Bertz CT molecular complexity index is 650. The number of nitrogens with one attached hydrogen (secondary N) is 2. The average Bonchev–Trinajstić information content (AvgIpc) is 2.59. The predicted octanol–water partition coefficient (Wildman–Crippen LogP) is 1.44. The van der Waals surface area contributed by atoms with E-state index in [9.17, 15) is 9.59 Å². The Morgan fingerprint density at radius 3 is 2.46 bits per heavy atom. The van der Waals surface area contributed by atoms with Crippen molar-refractivity contribution in [3.8, 4) is 0 Å². The van der Waals surface area contributed by atoms with Crippen LogP contribution in [0.25, 0.3) is 0 Å². The Kier molecular flexibility index (Phi) is 7.88. The molecule has 2 atom stereocenters. The van der Waals surface area contributed by atoms with E-state index in [2.05, 4.69) is 15.6 Å². The van der Waals surface area contributed by atoms with E-state index in [0.29, 0.717) is 5.56 Å². The summed E-state index contributed by atoms with van der Waals surface area (Å²) in [7, 11) is 0. The van der Waals surface area contributed by atoms with Crippen LogP contribution in [-0.2, 0) is 4.79 Å². The smallest absolute Gasteiger partial charge is 0.252 e. The lowest BCUT2D eigenvalue weighted by atomic mass is 10.1. The first kappa shape index (κ1) is 19.6. The first-order valence-corrected chi connectivity index (χ1v) is 7.37. The minimum Gasteiger partial charge on any atom is -0.350 e. The maximum Gasteiger partial charge on any atom is 0.252 e. The van der Waals surface area contributed by atoms with Crippen LogP contribution in [0.2, 0.25) is 0 Å². The van der Waals surface area contributed by atoms with Crippen molar-refractivity contribution < 1.29 is 9.59 Å². The Morgan fingerprint density at radius 2 is 1.88 bits per heavy atom. The molecular weight excluding hydrogens is 328 g/mol. The van der Waals surface area contributed by atoms with Crippen molar-refractivity contribution in [3.63, 3.8) is 0 Å². The van der Waals surface area contributed by atoms with Crippen molar-refractivity contribution in [1.82, 2.24) is 15.6 Å². The van der Waals surface area contributed by atoms with Gasteiger partial charge >= 0.3 is 0 Å². The topological polar surface area (TPSA) is 97.1 Å². The molecule has 0 aliphatic carbocycles. The highest BCUT2D eigenvalue weighted by molar-refractivity contribution is 5.93. The molecule has 0 radical (unpaired) electrons. The summed E-state index contributed by atoms with van der Waals surface area (Å²) in [5.74, 6) is -0.511. The monoisotopic (exact) mass is 348 g/mol. The zero-order valence-electron chi connectivity index (χ0n) is 13.3. The molecule has 6 nitrogen and oxygen atoms in total. The van der Waals surface area contributed by atoms with Gasteiger partial charge in [-0.15, -0.1) is 12.4 Å². The first-order valence-electron chi connectivity index (χ1n) is 7.37. The second kappa shape index (κ2) is 9.64. The highest BCUT2D eigenvalue weighted by Gasteiger charge is 2.18. The van der Waals surface area contributed by atoms with Gasteiger partial charge in [0.2, 0.25) is 5.91 Å². The van der Waals surface area contributed by atoms with Gasteiger partial charge in [0.15, 0.2) is 0 Å². The lowest BCUT2D eigenvalue weighted by Crippen LogP contribution is -2.44. The van der Waals surface area contributed by atoms with Crippen molar-refractivity contribution in [2.24, 2.45) is 5.73 Å². The third kappa shape index (κ3) is 5.64. The van der Waals surface area contributed by atoms with E-state index in [1.165, 1.54) is 6.20 Å². The zero-order valence-corrected chi connectivity index (χ0v) is 14.1. The van der Waals surface area contributed by atoms with Gasteiger partial charge in [0.05, 0.1) is 17.6 Å². The van der Waals surface area contributed by atoms with Crippen LogP contribution in [-0.4, -0.2) is 29.4 Å². The quantitative estimate of drug-likeness (QED) is 0.735. The summed E-state index contributed by atoms with van der Waals surface area (Å²) in [6.45, 7) is 1.88. The first-order chi connectivity index (χ1) is 11.1. The number of pyridine rings is 1. The van der Waals surface area contributed by atoms with Crippen LogP contribution >= 0.6 is 12.4 Å². The summed E-state index contributed by atoms with van der Waals surface area (Å²) in [6.07, 6.45) is 3.10. The Morgan fingerprint density at radius 1 is 1.17 bits per heavy atom. The number of rotatable bonds is 6. The molecule has 0 unspecified atom stereocenters. The normalized spacial score (nSPS) is 12.4. The second-order valence-corrected chi connectivity index (χ2v) is 5.21. The molecule has 2 amide bonds. The van der Waals surface area contributed by atoms with E-state index in [1.54, 1.807) is 25.3 Å². The second-order valence-electron chi connectivity index (χ2n) is 5.21. The van der Waals surface area contributed by atoms with Crippen LogP contribution in [0.15, 0.2) is 54.9 Å². The molecule has 7 heteroatoms. The molecule has 2 aromatic rings. The summed E-state index contributed by atoms with van der Waals surface area (Å²) in [6, 6.07) is 11.8. The number of aromatic nitrogens is 1. The maximum atomic E-state index is 12.1. The van der Waals surface area contributed by atoms with Crippen LogP contribution in [0.1, 0.15) is 28.9 Å². The molecule has 1 aromatic heterocycles. The van der Waals surface area contributed by atoms with Crippen molar-refractivity contribution in [3.05, 3.63) is 66.0 Å². The third-order valence-corrected chi connectivity index (χ3v) is 3.32. The van der Waals surface area contributed by atoms with Crippen LogP contribution in [0.4, 0.5) is 0 Å². The Labute approximate surface area is 147 Å². The third-order valence-electron chi connectivity index (χ3n) is 3.32. The number of carbonyl (C=O) groups excluding carboxylic acids is 2. The van der Waals surface area contributed by atoms with E-state index in [0.717, 1.165) is 5.56 Å². The molecule has 0 spiro atoms. The molecule has 4 N–H and O–H groups in total.